The van der Waals surface area contributed by atoms with Crippen LogP contribution >= 0.6 is 11.3 Å². The first-order chi connectivity index (χ1) is 17.8. The molecule has 0 bridgehead atoms. The highest BCUT2D eigenvalue weighted by Crippen LogP contribution is 2.29. The molecule has 4 rings (SSSR count). The van der Waals surface area contributed by atoms with Gasteiger partial charge in [-0.2, -0.15) is 0 Å². The second-order valence-corrected chi connectivity index (χ2v) is 10.8. The van der Waals surface area contributed by atoms with Gasteiger partial charge in [-0.15, -0.1) is 11.3 Å². The van der Waals surface area contributed by atoms with Gasteiger partial charge >= 0.3 is 0 Å². The Morgan fingerprint density at radius 3 is 2.59 bits per heavy atom. The highest BCUT2D eigenvalue weighted by atomic mass is 32.1. The van der Waals surface area contributed by atoms with E-state index in [0.29, 0.717) is 47.6 Å². The topological polar surface area (TPSA) is 132 Å². The number of anilines is 1. The number of hydrogen-bond acceptors (Lipinski definition) is 7. The lowest BCUT2D eigenvalue weighted by Crippen LogP contribution is -2.49. The van der Waals surface area contributed by atoms with Crippen LogP contribution in [-0.2, 0) is 17.8 Å². The van der Waals surface area contributed by atoms with Crippen LogP contribution < -0.4 is 16.4 Å². The number of nitrogen functional groups attached to an aromatic ring is 1. The van der Waals surface area contributed by atoms with Crippen LogP contribution in [0.4, 0.5) is 5.69 Å². The molecule has 1 fully saturated rings. The number of carbonyl (C=O) groups excluding carboxylic acids is 3. The summed E-state index contributed by atoms with van der Waals surface area (Å²) >= 11 is 1.52. The lowest BCUT2D eigenvalue weighted by atomic mass is 10.0. The third-order valence-electron chi connectivity index (χ3n) is 7.29. The number of fused-ring (bicyclic) bond motifs is 1. The first-order valence-electron chi connectivity index (χ1n) is 13.0. The molecule has 0 saturated carbocycles. The molecule has 1 atom stereocenters. The first-order valence-corrected chi connectivity index (χ1v) is 13.8. The fourth-order valence-electron chi connectivity index (χ4n) is 4.92. The number of likely N-dealkylation sites (tertiary alicyclic amines) is 1. The smallest absolute Gasteiger partial charge is 0.261 e. The molecule has 2 aliphatic rings. The van der Waals surface area contributed by atoms with Gasteiger partial charge in [0.05, 0.1) is 4.88 Å². The number of nitrogens with two attached hydrogens (primary N) is 1. The molecule has 9 nitrogen and oxygen atoms in total. The molecule has 37 heavy (non-hydrogen) atoms. The van der Waals surface area contributed by atoms with E-state index in [4.69, 9.17) is 11.1 Å². The summed E-state index contributed by atoms with van der Waals surface area (Å²) in [7, 11) is 0. The number of piperidine rings is 1. The maximum atomic E-state index is 13.3. The molecule has 1 aromatic carbocycles. The summed E-state index contributed by atoms with van der Waals surface area (Å²) in [5, 5.41) is 13.5. The van der Waals surface area contributed by atoms with Gasteiger partial charge < -0.3 is 31.6 Å². The molecular formula is C27H36N6O3S. The average Bonchev–Trinajstić information content (AvgIpc) is 3.35. The number of amides is 3. The fourth-order valence-corrected chi connectivity index (χ4v) is 5.99. The number of carbonyl (C=O) groups is 3. The van der Waals surface area contributed by atoms with Crippen molar-refractivity contribution in [3.8, 4) is 0 Å². The summed E-state index contributed by atoms with van der Waals surface area (Å²) in [5.74, 6) is -0.539. The van der Waals surface area contributed by atoms with Crippen molar-refractivity contribution in [3.63, 3.8) is 0 Å². The Morgan fingerprint density at radius 2 is 1.92 bits per heavy atom. The lowest BCUT2D eigenvalue weighted by molar-refractivity contribution is -0.134. The van der Waals surface area contributed by atoms with Gasteiger partial charge in [0.1, 0.15) is 6.04 Å². The Kier molecular flexibility index (Phi) is 8.60. The Labute approximate surface area is 221 Å². The molecule has 5 N–H and O–H groups in total. The number of nitrogens with one attached hydrogen (secondary N) is 3. The average molecular weight is 525 g/mol. The van der Waals surface area contributed by atoms with Crippen molar-refractivity contribution in [2.45, 2.75) is 58.2 Å². The zero-order valence-corrected chi connectivity index (χ0v) is 22.3. The van der Waals surface area contributed by atoms with Crippen molar-refractivity contribution in [1.29, 1.82) is 5.41 Å². The van der Waals surface area contributed by atoms with Crippen molar-refractivity contribution in [2.75, 3.05) is 31.9 Å². The summed E-state index contributed by atoms with van der Waals surface area (Å²) in [6.45, 7) is 8.07. The molecule has 2 aromatic rings. The van der Waals surface area contributed by atoms with Gasteiger partial charge in [-0.05, 0) is 62.1 Å². The largest absolute Gasteiger partial charge is 0.398 e. The summed E-state index contributed by atoms with van der Waals surface area (Å²) in [6.07, 6.45) is 4.18. The fraction of sp³-hybridized carbons (Fsp3) is 0.481. The second-order valence-electron chi connectivity index (χ2n) is 9.67. The predicted octanol–water partition coefficient (Wildman–Crippen LogP) is 2.64. The van der Waals surface area contributed by atoms with E-state index in [1.165, 1.54) is 11.3 Å². The zero-order chi connectivity index (χ0) is 26.5. The molecule has 2 aliphatic heterocycles. The molecule has 0 spiro atoms. The molecule has 0 unspecified atom stereocenters. The van der Waals surface area contributed by atoms with Crippen molar-refractivity contribution < 1.29 is 14.4 Å². The molecule has 3 heterocycles. The van der Waals surface area contributed by atoms with E-state index in [2.05, 4.69) is 22.5 Å². The Bertz CT molecular complexity index is 1170. The lowest BCUT2D eigenvalue weighted by Gasteiger charge is -2.31. The minimum Gasteiger partial charge on any atom is -0.398 e. The Hall–Kier alpha value is -3.24. The van der Waals surface area contributed by atoms with Crippen LogP contribution in [0.15, 0.2) is 24.3 Å². The van der Waals surface area contributed by atoms with Crippen LogP contribution in [0, 0.1) is 5.41 Å². The minimum absolute atomic E-state index is 0.0290. The molecule has 10 heteroatoms. The maximum absolute atomic E-state index is 13.3. The van der Waals surface area contributed by atoms with Gasteiger partial charge in [0.2, 0.25) is 5.91 Å². The summed E-state index contributed by atoms with van der Waals surface area (Å²) in [5.41, 5.74) is 8.06. The third-order valence-corrected chi connectivity index (χ3v) is 8.52. The van der Waals surface area contributed by atoms with E-state index in [1.807, 2.05) is 13.0 Å². The van der Waals surface area contributed by atoms with E-state index in [-0.39, 0.29) is 23.8 Å². The molecule has 3 amide bonds. The van der Waals surface area contributed by atoms with Gasteiger partial charge in [-0.3, -0.25) is 14.4 Å². The normalized spacial score (nSPS) is 17.1. The van der Waals surface area contributed by atoms with Crippen LogP contribution in [0.5, 0.6) is 0 Å². The predicted molar refractivity (Wildman–Crippen MR) is 146 cm³/mol. The highest BCUT2D eigenvalue weighted by Gasteiger charge is 2.30. The Balaban J connectivity index is 1.36. The number of rotatable bonds is 8. The quantitative estimate of drug-likeness (QED) is 0.311. The van der Waals surface area contributed by atoms with Gasteiger partial charge in [-0.1, -0.05) is 13.8 Å². The zero-order valence-electron chi connectivity index (χ0n) is 21.5. The summed E-state index contributed by atoms with van der Waals surface area (Å²) < 4.78 is 0. The van der Waals surface area contributed by atoms with E-state index < -0.39 is 6.04 Å². The van der Waals surface area contributed by atoms with Crippen LogP contribution in [0.3, 0.4) is 0 Å². The maximum Gasteiger partial charge on any atom is 0.261 e. The van der Waals surface area contributed by atoms with Crippen LogP contribution in [0.25, 0.3) is 0 Å². The number of benzene rings is 1. The SMILES string of the molecule is CC[C@@H](NC(=O)c1ccc(N)c(C=N)c1)C(=O)N1CCc2sc(C(=O)NC3CCN(CC)CC3)cc2C1. The highest BCUT2D eigenvalue weighted by molar-refractivity contribution is 7.14. The molecule has 1 saturated heterocycles. The first kappa shape index (κ1) is 26.8. The van der Waals surface area contributed by atoms with E-state index in [0.717, 1.165) is 49.1 Å². The van der Waals surface area contributed by atoms with Gasteiger partial charge in [0.25, 0.3) is 11.8 Å². The van der Waals surface area contributed by atoms with Crippen molar-refractivity contribution in [3.05, 3.63) is 50.7 Å². The summed E-state index contributed by atoms with van der Waals surface area (Å²) in [4.78, 5) is 45.0. The van der Waals surface area contributed by atoms with Gasteiger partial charge in [0, 0.05) is 60.1 Å². The van der Waals surface area contributed by atoms with Crippen LogP contribution in [0.2, 0.25) is 0 Å². The number of thiophene rings is 1. The molecule has 0 radical (unpaired) electrons. The van der Waals surface area contributed by atoms with Gasteiger partial charge in [-0.25, -0.2) is 0 Å². The second kappa shape index (κ2) is 11.9. The van der Waals surface area contributed by atoms with Crippen molar-refractivity contribution in [2.24, 2.45) is 0 Å². The van der Waals surface area contributed by atoms with Crippen LogP contribution in [0.1, 0.15) is 69.1 Å². The van der Waals surface area contributed by atoms with Crippen LogP contribution in [-0.4, -0.2) is 72.0 Å². The standard InChI is InChI=1S/C27H36N6O3S/c1-3-22(31-25(34)17-5-6-21(29)18(13-17)15-28)27(36)33-12-9-23-19(16-33)14-24(37-23)26(35)30-20-7-10-32(4-2)11-8-20/h5-6,13-15,20,22,28H,3-4,7-12,16,29H2,1-2H3,(H,30,35)(H,31,34)/t22-/m1/s1. The Morgan fingerprint density at radius 1 is 1.16 bits per heavy atom. The minimum atomic E-state index is -0.662. The van der Waals surface area contributed by atoms with E-state index in [1.54, 1.807) is 23.1 Å². The number of hydrogen-bond donors (Lipinski definition) is 4. The summed E-state index contributed by atoms with van der Waals surface area (Å²) in [6, 6.07) is 6.19. The van der Waals surface area contributed by atoms with Crippen molar-refractivity contribution >= 4 is 41.0 Å². The van der Waals surface area contributed by atoms with Gasteiger partial charge in [0.15, 0.2) is 0 Å². The molecular weight excluding hydrogens is 488 g/mol. The third kappa shape index (κ3) is 6.19. The number of nitrogens with zero attached hydrogens (tertiary/aromatic N) is 2. The van der Waals surface area contributed by atoms with Crippen molar-refractivity contribution in [1.82, 2.24) is 20.4 Å². The monoisotopic (exact) mass is 524 g/mol. The molecule has 198 valence electrons. The molecule has 1 aromatic heterocycles. The van der Waals surface area contributed by atoms with E-state index in [9.17, 15) is 14.4 Å². The molecule has 0 aliphatic carbocycles. The van der Waals surface area contributed by atoms with E-state index >= 15 is 0 Å².